The van der Waals surface area contributed by atoms with Crippen LogP contribution in [0.25, 0.3) is 22.2 Å². The van der Waals surface area contributed by atoms with Gasteiger partial charge in [-0.1, -0.05) is 48.0 Å². The van der Waals surface area contributed by atoms with Gasteiger partial charge in [0.1, 0.15) is 0 Å². The van der Waals surface area contributed by atoms with E-state index in [0.29, 0.717) is 27.2 Å². The number of amides is 2. The Morgan fingerprint density at radius 1 is 0.900 bits per heavy atom. The highest BCUT2D eigenvalue weighted by molar-refractivity contribution is 6.33. The molecular formula is C22H16ClN5O2. The molecule has 7 nitrogen and oxygen atoms in total. The van der Waals surface area contributed by atoms with E-state index in [1.54, 1.807) is 12.1 Å². The predicted octanol–water partition coefficient (Wildman–Crippen LogP) is 3.96. The Morgan fingerprint density at radius 3 is 2.40 bits per heavy atom. The molecule has 0 aliphatic heterocycles. The lowest BCUT2D eigenvalue weighted by Gasteiger charge is -2.11. The van der Waals surface area contributed by atoms with Gasteiger partial charge in [-0.25, -0.2) is 4.98 Å². The van der Waals surface area contributed by atoms with Crippen LogP contribution in [0, 0.1) is 0 Å². The lowest BCUT2D eigenvalue weighted by molar-refractivity contribution is 0.0956. The maximum absolute atomic E-state index is 13.1. The van der Waals surface area contributed by atoms with Crippen molar-refractivity contribution in [1.29, 1.82) is 0 Å². The van der Waals surface area contributed by atoms with Crippen LogP contribution in [0.1, 0.15) is 20.8 Å². The first-order chi connectivity index (χ1) is 14.6. The molecule has 2 heterocycles. The largest absolute Gasteiger partial charge is 0.354 e. The minimum Gasteiger partial charge on any atom is -0.354 e. The standard InChI is InChI=1S/C22H16ClN5O2/c1-24-22(30)18-10-11-20(28-27-18)26-21(29)15-12-19(14-7-2-4-8-16(14)23)25-17-9-5-3-6-13(15)17/h2-12H,1H3,(H,24,30)(H,26,28,29). The Labute approximate surface area is 177 Å². The molecule has 8 heteroatoms. The van der Waals surface area contributed by atoms with E-state index in [4.69, 9.17) is 11.6 Å². The van der Waals surface area contributed by atoms with Crippen molar-refractivity contribution in [3.05, 3.63) is 83.0 Å². The summed E-state index contributed by atoms with van der Waals surface area (Å²) in [5.74, 6) is -0.498. The summed E-state index contributed by atoms with van der Waals surface area (Å²) < 4.78 is 0. The van der Waals surface area contributed by atoms with Crippen molar-refractivity contribution in [3.8, 4) is 11.3 Å². The molecule has 4 rings (SSSR count). The second kappa shape index (κ2) is 8.26. The SMILES string of the molecule is CNC(=O)c1ccc(NC(=O)c2cc(-c3ccccc3Cl)nc3ccccc23)nn1. The third-order valence-corrected chi connectivity index (χ3v) is 4.81. The number of nitrogens with zero attached hydrogens (tertiary/aromatic N) is 3. The molecule has 0 bridgehead atoms. The third-order valence-electron chi connectivity index (χ3n) is 4.48. The van der Waals surface area contributed by atoms with Crippen LogP contribution in [0.3, 0.4) is 0 Å². The fourth-order valence-electron chi connectivity index (χ4n) is 3.00. The number of anilines is 1. The van der Waals surface area contributed by atoms with Crippen molar-refractivity contribution in [2.75, 3.05) is 12.4 Å². The molecule has 0 aliphatic rings. The number of rotatable bonds is 4. The fraction of sp³-hybridized carbons (Fsp3) is 0.0455. The van der Waals surface area contributed by atoms with Gasteiger partial charge >= 0.3 is 0 Å². The number of carbonyl (C=O) groups excluding carboxylic acids is 2. The van der Waals surface area contributed by atoms with E-state index >= 15 is 0 Å². The van der Waals surface area contributed by atoms with Gasteiger partial charge < -0.3 is 10.6 Å². The van der Waals surface area contributed by atoms with E-state index in [1.807, 2.05) is 42.5 Å². The van der Waals surface area contributed by atoms with Gasteiger partial charge in [-0.15, -0.1) is 10.2 Å². The molecule has 30 heavy (non-hydrogen) atoms. The molecule has 0 radical (unpaired) electrons. The highest BCUT2D eigenvalue weighted by atomic mass is 35.5. The molecule has 2 aromatic heterocycles. The van der Waals surface area contributed by atoms with Crippen LogP contribution in [0.15, 0.2) is 66.7 Å². The number of benzene rings is 2. The number of hydrogen-bond donors (Lipinski definition) is 2. The van der Waals surface area contributed by atoms with E-state index < -0.39 is 0 Å². The maximum Gasteiger partial charge on any atom is 0.271 e. The number of para-hydroxylation sites is 1. The number of nitrogens with one attached hydrogen (secondary N) is 2. The van der Waals surface area contributed by atoms with Crippen molar-refractivity contribution in [3.63, 3.8) is 0 Å². The molecule has 0 saturated heterocycles. The van der Waals surface area contributed by atoms with Gasteiger partial charge in [0.25, 0.3) is 11.8 Å². The summed E-state index contributed by atoms with van der Waals surface area (Å²) in [5, 5.41) is 14.2. The summed E-state index contributed by atoms with van der Waals surface area (Å²) in [6, 6.07) is 19.4. The van der Waals surface area contributed by atoms with E-state index in [1.165, 1.54) is 19.2 Å². The number of aromatic nitrogens is 3. The Bertz CT molecular complexity index is 1260. The molecule has 2 N–H and O–H groups in total. The van der Waals surface area contributed by atoms with Crippen molar-refractivity contribution < 1.29 is 9.59 Å². The fourth-order valence-corrected chi connectivity index (χ4v) is 3.23. The van der Waals surface area contributed by atoms with Crippen LogP contribution in [-0.2, 0) is 0 Å². The zero-order valence-electron chi connectivity index (χ0n) is 15.9. The first-order valence-corrected chi connectivity index (χ1v) is 9.46. The van der Waals surface area contributed by atoms with Gasteiger partial charge in [0.2, 0.25) is 0 Å². The van der Waals surface area contributed by atoms with Crippen LogP contribution in [-0.4, -0.2) is 34.0 Å². The average molecular weight is 418 g/mol. The van der Waals surface area contributed by atoms with Crippen LogP contribution < -0.4 is 10.6 Å². The molecule has 0 spiro atoms. The zero-order chi connectivity index (χ0) is 21.1. The summed E-state index contributed by atoms with van der Waals surface area (Å²) in [5.41, 5.74) is 2.57. The quantitative estimate of drug-likeness (QED) is 0.524. The van der Waals surface area contributed by atoms with E-state index in [9.17, 15) is 9.59 Å². The number of carbonyl (C=O) groups is 2. The zero-order valence-corrected chi connectivity index (χ0v) is 16.6. The van der Waals surface area contributed by atoms with E-state index in [-0.39, 0.29) is 23.3 Å². The normalized spacial score (nSPS) is 10.6. The van der Waals surface area contributed by atoms with Crippen LogP contribution >= 0.6 is 11.6 Å². The minimum atomic E-state index is -0.371. The maximum atomic E-state index is 13.1. The van der Waals surface area contributed by atoms with Gasteiger partial charge in [0.15, 0.2) is 11.5 Å². The van der Waals surface area contributed by atoms with Crippen LogP contribution in [0.4, 0.5) is 5.82 Å². The molecule has 0 fully saturated rings. The highest BCUT2D eigenvalue weighted by Gasteiger charge is 2.16. The smallest absolute Gasteiger partial charge is 0.271 e. The lowest BCUT2D eigenvalue weighted by Crippen LogP contribution is -2.20. The molecule has 4 aromatic rings. The second-order valence-electron chi connectivity index (χ2n) is 6.39. The highest BCUT2D eigenvalue weighted by Crippen LogP contribution is 2.30. The van der Waals surface area contributed by atoms with Gasteiger partial charge in [0.05, 0.1) is 16.8 Å². The molecule has 2 amide bonds. The van der Waals surface area contributed by atoms with Crippen molar-refractivity contribution in [2.45, 2.75) is 0 Å². The summed E-state index contributed by atoms with van der Waals surface area (Å²) in [6.07, 6.45) is 0. The number of fused-ring (bicyclic) bond motifs is 1. The Morgan fingerprint density at radius 2 is 1.67 bits per heavy atom. The lowest BCUT2D eigenvalue weighted by atomic mass is 10.0. The summed E-state index contributed by atoms with van der Waals surface area (Å²) in [7, 11) is 1.50. The van der Waals surface area contributed by atoms with E-state index in [2.05, 4.69) is 25.8 Å². The van der Waals surface area contributed by atoms with Crippen molar-refractivity contribution in [2.24, 2.45) is 0 Å². The van der Waals surface area contributed by atoms with Crippen LogP contribution in [0.2, 0.25) is 5.02 Å². The average Bonchev–Trinajstić information content (AvgIpc) is 2.78. The predicted molar refractivity (Wildman–Crippen MR) is 116 cm³/mol. The van der Waals surface area contributed by atoms with Gasteiger partial charge in [0, 0.05) is 23.0 Å². The summed E-state index contributed by atoms with van der Waals surface area (Å²) >= 11 is 6.33. The molecule has 0 unspecified atom stereocenters. The van der Waals surface area contributed by atoms with E-state index in [0.717, 1.165) is 5.56 Å². The first kappa shape index (κ1) is 19.5. The Hall–Kier alpha value is -3.84. The van der Waals surface area contributed by atoms with Gasteiger partial charge in [-0.2, -0.15) is 0 Å². The minimum absolute atomic E-state index is 0.158. The Balaban J connectivity index is 1.73. The van der Waals surface area contributed by atoms with Crippen molar-refractivity contribution in [1.82, 2.24) is 20.5 Å². The summed E-state index contributed by atoms with van der Waals surface area (Å²) in [6.45, 7) is 0. The first-order valence-electron chi connectivity index (χ1n) is 9.08. The van der Waals surface area contributed by atoms with Crippen molar-refractivity contribution >= 4 is 40.1 Å². The number of halogens is 1. The molecular weight excluding hydrogens is 402 g/mol. The topological polar surface area (TPSA) is 96.9 Å². The molecule has 148 valence electrons. The van der Waals surface area contributed by atoms with Crippen LogP contribution in [0.5, 0.6) is 0 Å². The monoisotopic (exact) mass is 417 g/mol. The Kier molecular flexibility index (Phi) is 5.36. The molecule has 2 aromatic carbocycles. The number of pyridine rings is 1. The third kappa shape index (κ3) is 3.83. The molecule has 0 atom stereocenters. The second-order valence-corrected chi connectivity index (χ2v) is 6.80. The number of hydrogen-bond acceptors (Lipinski definition) is 5. The van der Waals surface area contributed by atoms with Gasteiger partial charge in [-0.3, -0.25) is 9.59 Å². The molecule has 0 saturated carbocycles. The molecule has 0 aliphatic carbocycles. The summed E-state index contributed by atoms with van der Waals surface area (Å²) in [4.78, 5) is 29.3. The van der Waals surface area contributed by atoms with Gasteiger partial charge in [-0.05, 0) is 30.3 Å².